The van der Waals surface area contributed by atoms with Crippen LogP contribution in [0.1, 0.15) is 26.3 Å². The number of benzene rings is 3. The van der Waals surface area contributed by atoms with Crippen molar-refractivity contribution in [3.05, 3.63) is 70.7 Å². The number of halogens is 1. The van der Waals surface area contributed by atoms with Gasteiger partial charge in [0.05, 0.1) is 0 Å². The molecule has 0 saturated carbocycles. The topological polar surface area (TPSA) is 0 Å². The average Bonchev–Trinajstić information content (AvgIpc) is 2.47. The summed E-state index contributed by atoms with van der Waals surface area (Å²) in [6.45, 7) is 6.78. The zero-order chi connectivity index (χ0) is 15.7. The maximum absolute atomic E-state index is 3.71. The van der Waals surface area contributed by atoms with E-state index >= 15 is 0 Å². The van der Waals surface area contributed by atoms with Crippen molar-refractivity contribution in [3.63, 3.8) is 0 Å². The zero-order valence-electron chi connectivity index (χ0n) is 13.1. The Morgan fingerprint density at radius 2 is 1.45 bits per heavy atom. The Morgan fingerprint density at radius 1 is 0.818 bits per heavy atom. The summed E-state index contributed by atoms with van der Waals surface area (Å²) in [7, 11) is 0. The standard InChI is InChI=1S/C20H19BrSe/c1-20(2,3)15-10-12-16(13-11-15)22-18-9-5-7-14-6-4-8-17(21)19(14)18/h4-13H,1-3H3. The molecular weight excluding hydrogens is 399 g/mol. The molecule has 0 aliphatic rings. The van der Waals surface area contributed by atoms with E-state index in [0.717, 1.165) is 0 Å². The predicted molar refractivity (Wildman–Crippen MR) is 102 cm³/mol. The number of rotatable bonds is 2. The van der Waals surface area contributed by atoms with Crippen molar-refractivity contribution in [1.29, 1.82) is 0 Å². The van der Waals surface area contributed by atoms with Crippen molar-refractivity contribution >= 4 is 50.6 Å². The van der Waals surface area contributed by atoms with Crippen LogP contribution in [-0.4, -0.2) is 15.0 Å². The molecule has 0 atom stereocenters. The van der Waals surface area contributed by atoms with E-state index < -0.39 is 0 Å². The van der Waals surface area contributed by atoms with Gasteiger partial charge in [-0.15, -0.1) is 0 Å². The van der Waals surface area contributed by atoms with Gasteiger partial charge in [0.1, 0.15) is 0 Å². The minimum absolute atomic E-state index is 0.216. The first-order chi connectivity index (χ1) is 10.4. The molecule has 0 unspecified atom stereocenters. The molecule has 0 aliphatic heterocycles. The summed E-state index contributed by atoms with van der Waals surface area (Å²) >= 11 is 4.03. The fourth-order valence-corrected chi connectivity index (χ4v) is 5.49. The van der Waals surface area contributed by atoms with Crippen LogP contribution < -0.4 is 8.92 Å². The van der Waals surface area contributed by atoms with Gasteiger partial charge in [0.25, 0.3) is 0 Å². The molecule has 0 radical (unpaired) electrons. The quantitative estimate of drug-likeness (QED) is 0.536. The van der Waals surface area contributed by atoms with Crippen LogP contribution in [0.3, 0.4) is 0 Å². The summed E-state index contributed by atoms with van der Waals surface area (Å²) in [6.07, 6.45) is 0. The molecule has 0 nitrogen and oxygen atoms in total. The SMILES string of the molecule is CC(C)(C)c1ccc([Se]c2cccc3cccc(Br)c23)cc1. The van der Waals surface area contributed by atoms with E-state index in [2.05, 4.69) is 97.4 Å². The van der Waals surface area contributed by atoms with Crippen molar-refractivity contribution in [2.24, 2.45) is 0 Å². The van der Waals surface area contributed by atoms with Gasteiger partial charge in [0, 0.05) is 0 Å². The van der Waals surface area contributed by atoms with Gasteiger partial charge < -0.3 is 0 Å². The van der Waals surface area contributed by atoms with E-state index in [-0.39, 0.29) is 5.41 Å². The Balaban J connectivity index is 1.97. The van der Waals surface area contributed by atoms with Crippen LogP contribution in [0.25, 0.3) is 10.8 Å². The third-order valence-corrected chi connectivity index (χ3v) is 6.67. The summed E-state index contributed by atoms with van der Waals surface area (Å²) in [4.78, 5) is 0. The van der Waals surface area contributed by atoms with Gasteiger partial charge in [-0.05, 0) is 0 Å². The van der Waals surface area contributed by atoms with Crippen molar-refractivity contribution < 1.29 is 0 Å². The van der Waals surface area contributed by atoms with Gasteiger partial charge in [-0.2, -0.15) is 0 Å². The molecule has 0 aliphatic carbocycles. The molecule has 0 bridgehead atoms. The van der Waals surface area contributed by atoms with E-state index in [0.29, 0.717) is 15.0 Å². The molecule has 3 rings (SSSR count). The first-order valence-corrected chi connectivity index (χ1v) is 9.91. The third kappa shape index (κ3) is 3.30. The molecular formula is C20H19BrSe. The fraction of sp³-hybridized carbons (Fsp3) is 0.200. The molecule has 0 amide bonds. The van der Waals surface area contributed by atoms with E-state index in [1.54, 1.807) is 0 Å². The molecule has 2 heteroatoms. The zero-order valence-corrected chi connectivity index (χ0v) is 16.4. The second-order valence-corrected chi connectivity index (χ2v) is 9.66. The summed E-state index contributed by atoms with van der Waals surface area (Å²) in [5, 5.41) is 2.66. The minimum atomic E-state index is 0.216. The molecule has 0 fully saturated rings. The number of fused-ring (bicyclic) bond motifs is 1. The predicted octanol–water partition coefficient (Wildman–Crippen LogP) is 4.55. The molecule has 3 aromatic carbocycles. The fourth-order valence-electron chi connectivity index (χ4n) is 2.50. The van der Waals surface area contributed by atoms with E-state index in [9.17, 15) is 0 Å². The number of hydrogen-bond donors (Lipinski definition) is 0. The number of hydrogen-bond acceptors (Lipinski definition) is 0. The van der Waals surface area contributed by atoms with Gasteiger partial charge in [0.2, 0.25) is 0 Å². The van der Waals surface area contributed by atoms with Crippen LogP contribution in [-0.2, 0) is 5.41 Å². The summed E-state index contributed by atoms with van der Waals surface area (Å²) < 4.78 is 4.04. The molecule has 3 aromatic rings. The van der Waals surface area contributed by atoms with Crippen LogP contribution in [0.2, 0.25) is 0 Å². The van der Waals surface area contributed by atoms with Crippen LogP contribution >= 0.6 is 15.9 Å². The summed E-state index contributed by atoms with van der Waals surface area (Å²) in [6, 6.07) is 22.1. The van der Waals surface area contributed by atoms with E-state index in [1.807, 2.05) is 0 Å². The first kappa shape index (κ1) is 15.8. The van der Waals surface area contributed by atoms with Crippen LogP contribution in [0, 0.1) is 0 Å². The molecule has 22 heavy (non-hydrogen) atoms. The maximum atomic E-state index is 3.71. The molecule has 0 aromatic heterocycles. The Morgan fingerprint density at radius 3 is 2.09 bits per heavy atom. The van der Waals surface area contributed by atoms with E-state index in [4.69, 9.17) is 0 Å². The Kier molecular flexibility index (Phi) is 4.45. The van der Waals surface area contributed by atoms with Gasteiger partial charge in [-0.3, -0.25) is 0 Å². The van der Waals surface area contributed by atoms with E-state index in [1.165, 1.54) is 29.7 Å². The third-order valence-electron chi connectivity index (χ3n) is 3.76. The van der Waals surface area contributed by atoms with Crippen molar-refractivity contribution in [1.82, 2.24) is 0 Å². The Bertz CT molecular complexity index is 793. The Labute approximate surface area is 147 Å². The summed E-state index contributed by atoms with van der Waals surface area (Å²) in [5.74, 6) is 0. The first-order valence-electron chi connectivity index (χ1n) is 7.41. The van der Waals surface area contributed by atoms with Gasteiger partial charge >= 0.3 is 147 Å². The van der Waals surface area contributed by atoms with Crippen LogP contribution in [0.15, 0.2) is 65.1 Å². The van der Waals surface area contributed by atoms with Crippen molar-refractivity contribution in [2.75, 3.05) is 0 Å². The van der Waals surface area contributed by atoms with Gasteiger partial charge in [-0.25, -0.2) is 0 Å². The Hall–Kier alpha value is -1.08. The van der Waals surface area contributed by atoms with Crippen LogP contribution in [0.4, 0.5) is 0 Å². The second kappa shape index (κ2) is 6.20. The summed E-state index contributed by atoms with van der Waals surface area (Å²) in [5.41, 5.74) is 1.61. The van der Waals surface area contributed by atoms with Gasteiger partial charge in [0.15, 0.2) is 0 Å². The average molecular weight is 418 g/mol. The normalized spacial score (nSPS) is 11.8. The molecule has 0 saturated heterocycles. The monoisotopic (exact) mass is 418 g/mol. The van der Waals surface area contributed by atoms with Gasteiger partial charge in [-0.1, -0.05) is 0 Å². The molecule has 0 N–H and O–H groups in total. The second-order valence-electron chi connectivity index (χ2n) is 6.47. The van der Waals surface area contributed by atoms with Crippen LogP contribution in [0.5, 0.6) is 0 Å². The molecule has 112 valence electrons. The van der Waals surface area contributed by atoms with Crippen molar-refractivity contribution in [2.45, 2.75) is 26.2 Å². The van der Waals surface area contributed by atoms with Crippen molar-refractivity contribution in [3.8, 4) is 0 Å². The molecule has 0 spiro atoms. The molecule has 0 heterocycles.